The van der Waals surface area contributed by atoms with E-state index < -0.39 is 23.7 Å². The van der Waals surface area contributed by atoms with Crippen LogP contribution in [0.4, 0.5) is 4.79 Å². The molecule has 1 fully saturated rings. The molecule has 0 bridgehead atoms. The zero-order chi connectivity index (χ0) is 14.7. The fraction of sp³-hybridized carbons (Fsp3) is 0.846. The average molecular weight is 273 g/mol. The number of carbonyl (C=O) groups is 2. The molecule has 1 amide bonds. The maximum Gasteiger partial charge on any atom is 0.408 e. The molecule has 0 radical (unpaired) electrons. The number of carbonyl (C=O) groups excluding carboxylic acids is 1. The molecular formula is C13H23NO5. The molecule has 0 saturated heterocycles. The standard InChI is InChI=1S/C13H23NO5/c1-12(2,3)19-11(17)14-9(10(15)16)7-18-8-13(4)5-6-13/h9H,5-8H2,1-4H3,(H,14,17)(H,15,16)/t9-/m1/s1. The molecule has 1 atom stereocenters. The predicted octanol–water partition coefficient (Wildman–Crippen LogP) is 1.78. The van der Waals surface area contributed by atoms with Crippen LogP contribution in [0.3, 0.4) is 0 Å². The van der Waals surface area contributed by atoms with Gasteiger partial charge in [-0.25, -0.2) is 9.59 Å². The third-order valence-electron chi connectivity index (χ3n) is 2.83. The van der Waals surface area contributed by atoms with E-state index in [-0.39, 0.29) is 12.0 Å². The molecule has 2 N–H and O–H groups in total. The van der Waals surface area contributed by atoms with Gasteiger partial charge in [0.1, 0.15) is 5.60 Å². The molecule has 19 heavy (non-hydrogen) atoms. The van der Waals surface area contributed by atoms with Crippen molar-refractivity contribution in [2.24, 2.45) is 5.41 Å². The lowest BCUT2D eigenvalue weighted by Gasteiger charge is -2.22. The highest BCUT2D eigenvalue weighted by Crippen LogP contribution is 2.44. The zero-order valence-electron chi connectivity index (χ0n) is 12.0. The van der Waals surface area contributed by atoms with E-state index in [1.165, 1.54) is 0 Å². The lowest BCUT2D eigenvalue weighted by Crippen LogP contribution is -2.46. The van der Waals surface area contributed by atoms with Crippen molar-refractivity contribution >= 4 is 12.1 Å². The van der Waals surface area contributed by atoms with E-state index in [2.05, 4.69) is 12.2 Å². The summed E-state index contributed by atoms with van der Waals surface area (Å²) in [5.41, 5.74) is -0.468. The summed E-state index contributed by atoms with van der Waals surface area (Å²) in [5, 5.41) is 11.3. The third kappa shape index (κ3) is 6.42. The molecule has 1 rings (SSSR count). The van der Waals surface area contributed by atoms with E-state index in [0.29, 0.717) is 6.61 Å². The van der Waals surface area contributed by atoms with Gasteiger partial charge in [0.15, 0.2) is 6.04 Å². The maximum absolute atomic E-state index is 11.5. The Labute approximate surface area is 113 Å². The number of carboxylic acids is 1. The van der Waals surface area contributed by atoms with Gasteiger partial charge < -0.3 is 19.9 Å². The minimum atomic E-state index is -1.13. The zero-order valence-corrected chi connectivity index (χ0v) is 12.0. The van der Waals surface area contributed by atoms with Crippen LogP contribution in [-0.2, 0) is 14.3 Å². The number of alkyl carbamates (subject to hydrolysis) is 1. The van der Waals surface area contributed by atoms with Crippen LogP contribution in [0.25, 0.3) is 0 Å². The molecule has 0 aromatic carbocycles. The second-order valence-electron chi connectivity index (χ2n) is 6.36. The molecule has 0 spiro atoms. The smallest absolute Gasteiger partial charge is 0.408 e. The Balaban J connectivity index is 2.35. The monoisotopic (exact) mass is 273 g/mol. The number of aliphatic carboxylic acids is 1. The number of rotatable bonds is 6. The van der Waals surface area contributed by atoms with Gasteiger partial charge in [-0.1, -0.05) is 6.92 Å². The number of amides is 1. The SMILES string of the molecule is CC1(COC[C@@H](NC(=O)OC(C)(C)C)C(=O)O)CC1. The fourth-order valence-electron chi connectivity index (χ4n) is 1.41. The molecule has 0 aromatic rings. The number of nitrogens with one attached hydrogen (secondary N) is 1. The van der Waals surface area contributed by atoms with Crippen molar-refractivity contribution < 1.29 is 24.2 Å². The van der Waals surface area contributed by atoms with Crippen molar-refractivity contribution in [3.05, 3.63) is 0 Å². The Morgan fingerprint density at radius 1 is 1.37 bits per heavy atom. The van der Waals surface area contributed by atoms with E-state index >= 15 is 0 Å². The van der Waals surface area contributed by atoms with Crippen LogP contribution in [0.5, 0.6) is 0 Å². The number of carboxylic acid groups (broad SMARTS) is 1. The van der Waals surface area contributed by atoms with Gasteiger partial charge >= 0.3 is 12.1 Å². The van der Waals surface area contributed by atoms with E-state index in [0.717, 1.165) is 12.8 Å². The molecular weight excluding hydrogens is 250 g/mol. The van der Waals surface area contributed by atoms with Crippen LogP contribution in [0, 0.1) is 5.41 Å². The van der Waals surface area contributed by atoms with Gasteiger partial charge in [0.25, 0.3) is 0 Å². The number of hydrogen-bond acceptors (Lipinski definition) is 4. The van der Waals surface area contributed by atoms with Crippen molar-refractivity contribution in [1.82, 2.24) is 5.32 Å². The Hall–Kier alpha value is -1.30. The molecule has 1 aliphatic rings. The van der Waals surface area contributed by atoms with E-state index in [1.54, 1.807) is 20.8 Å². The quantitative estimate of drug-likeness (QED) is 0.770. The van der Waals surface area contributed by atoms with Gasteiger partial charge in [0, 0.05) is 0 Å². The van der Waals surface area contributed by atoms with Crippen LogP contribution >= 0.6 is 0 Å². The molecule has 0 aliphatic heterocycles. The largest absolute Gasteiger partial charge is 0.480 e. The van der Waals surface area contributed by atoms with E-state index in [9.17, 15) is 9.59 Å². The number of hydrogen-bond donors (Lipinski definition) is 2. The molecule has 0 aromatic heterocycles. The Morgan fingerprint density at radius 3 is 2.37 bits per heavy atom. The average Bonchev–Trinajstić information content (AvgIpc) is 2.92. The maximum atomic E-state index is 11.5. The van der Waals surface area contributed by atoms with Crippen LogP contribution in [0.1, 0.15) is 40.5 Å². The molecule has 6 heteroatoms. The first-order chi connectivity index (χ1) is 8.61. The second kappa shape index (κ2) is 5.77. The van der Waals surface area contributed by atoms with Crippen molar-refractivity contribution in [3.63, 3.8) is 0 Å². The van der Waals surface area contributed by atoms with Gasteiger partial charge in [0.05, 0.1) is 13.2 Å². The third-order valence-corrected chi connectivity index (χ3v) is 2.83. The van der Waals surface area contributed by atoms with Crippen molar-refractivity contribution in [2.75, 3.05) is 13.2 Å². The Morgan fingerprint density at radius 2 is 1.95 bits per heavy atom. The molecule has 6 nitrogen and oxygen atoms in total. The van der Waals surface area contributed by atoms with Crippen molar-refractivity contribution in [3.8, 4) is 0 Å². The topological polar surface area (TPSA) is 84.9 Å². The summed E-state index contributed by atoms with van der Waals surface area (Å²) in [4.78, 5) is 22.5. The summed E-state index contributed by atoms with van der Waals surface area (Å²) < 4.78 is 10.4. The Kier molecular flexibility index (Phi) is 4.79. The molecule has 1 aliphatic carbocycles. The molecule has 0 unspecified atom stereocenters. The highest BCUT2D eigenvalue weighted by molar-refractivity contribution is 5.80. The van der Waals surface area contributed by atoms with Crippen LogP contribution in [-0.4, -0.2) is 42.0 Å². The van der Waals surface area contributed by atoms with Crippen molar-refractivity contribution in [1.29, 1.82) is 0 Å². The second-order valence-corrected chi connectivity index (χ2v) is 6.36. The van der Waals surface area contributed by atoms with Gasteiger partial charge in [-0.2, -0.15) is 0 Å². The van der Waals surface area contributed by atoms with Crippen LogP contribution in [0.2, 0.25) is 0 Å². The molecule has 110 valence electrons. The van der Waals surface area contributed by atoms with Gasteiger partial charge in [-0.15, -0.1) is 0 Å². The summed E-state index contributed by atoms with van der Waals surface area (Å²) in [5.74, 6) is -1.13. The number of ether oxygens (including phenoxy) is 2. The molecule has 0 heterocycles. The Bertz CT molecular complexity index is 343. The van der Waals surface area contributed by atoms with Crippen LogP contribution in [0.15, 0.2) is 0 Å². The fourth-order valence-corrected chi connectivity index (χ4v) is 1.41. The summed E-state index contributed by atoms with van der Waals surface area (Å²) >= 11 is 0. The minimum absolute atomic E-state index is 0.0514. The minimum Gasteiger partial charge on any atom is -0.480 e. The summed E-state index contributed by atoms with van der Waals surface area (Å²) in [6, 6.07) is -1.09. The lowest BCUT2D eigenvalue weighted by molar-refractivity contribution is -0.141. The summed E-state index contributed by atoms with van der Waals surface area (Å²) in [7, 11) is 0. The lowest BCUT2D eigenvalue weighted by atomic mass is 10.2. The van der Waals surface area contributed by atoms with Gasteiger partial charge in [-0.3, -0.25) is 0 Å². The normalized spacial score (nSPS) is 18.5. The highest BCUT2D eigenvalue weighted by Gasteiger charge is 2.37. The van der Waals surface area contributed by atoms with E-state index in [1.807, 2.05) is 0 Å². The highest BCUT2D eigenvalue weighted by atomic mass is 16.6. The predicted molar refractivity (Wildman–Crippen MR) is 69.0 cm³/mol. The van der Waals surface area contributed by atoms with Crippen LogP contribution < -0.4 is 5.32 Å². The first-order valence-electron chi connectivity index (χ1n) is 6.41. The van der Waals surface area contributed by atoms with E-state index in [4.69, 9.17) is 14.6 Å². The van der Waals surface area contributed by atoms with Crippen molar-refractivity contribution in [2.45, 2.75) is 52.2 Å². The first kappa shape index (κ1) is 15.8. The summed E-state index contributed by atoms with van der Waals surface area (Å²) in [6.45, 7) is 7.70. The van der Waals surface area contributed by atoms with Gasteiger partial charge in [-0.05, 0) is 39.0 Å². The molecule has 1 saturated carbocycles. The summed E-state index contributed by atoms with van der Waals surface area (Å²) in [6.07, 6.45) is 1.45. The van der Waals surface area contributed by atoms with Gasteiger partial charge in [0.2, 0.25) is 0 Å². The first-order valence-corrected chi connectivity index (χ1v) is 6.41.